The third kappa shape index (κ3) is 2.19. The van der Waals surface area contributed by atoms with Crippen molar-refractivity contribution >= 4 is 5.97 Å². The van der Waals surface area contributed by atoms with Crippen molar-refractivity contribution in [2.24, 2.45) is 0 Å². The van der Waals surface area contributed by atoms with Gasteiger partial charge in [0.05, 0.1) is 7.11 Å². The van der Waals surface area contributed by atoms with Crippen LogP contribution in [-0.4, -0.2) is 24.0 Å². The Hall–Kier alpha value is -1.75. The first-order chi connectivity index (χ1) is 7.93. The maximum absolute atomic E-state index is 11.2. The summed E-state index contributed by atoms with van der Waals surface area (Å²) in [5.41, 5.74) is 0.414. The molecule has 1 atom stereocenters. The van der Waals surface area contributed by atoms with Crippen molar-refractivity contribution < 1.29 is 24.1 Å². The van der Waals surface area contributed by atoms with Crippen molar-refractivity contribution in [3.8, 4) is 11.5 Å². The number of aliphatic hydroxyl groups excluding tert-OH is 1. The molecule has 2 rings (SSSR count). The molecule has 0 radical (unpaired) electrons. The second kappa shape index (κ2) is 3.92. The Bertz CT molecular complexity index is 452. The predicted molar refractivity (Wildman–Crippen MR) is 58.8 cm³/mol. The van der Waals surface area contributed by atoms with Gasteiger partial charge >= 0.3 is 5.97 Å². The number of benzene rings is 1. The molecule has 0 aromatic heterocycles. The van der Waals surface area contributed by atoms with E-state index in [2.05, 4.69) is 4.74 Å². The zero-order chi connectivity index (χ0) is 12.6. The van der Waals surface area contributed by atoms with Gasteiger partial charge in [0.25, 0.3) is 0 Å². The Kier molecular flexibility index (Phi) is 2.71. The second-order valence-corrected chi connectivity index (χ2v) is 4.24. The first-order valence-electron chi connectivity index (χ1n) is 5.21. The highest BCUT2D eigenvalue weighted by atomic mass is 16.7. The number of esters is 1. The van der Waals surface area contributed by atoms with E-state index in [1.54, 1.807) is 32.0 Å². The molecule has 0 spiro atoms. The molecule has 1 heterocycles. The van der Waals surface area contributed by atoms with Crippen LogP contribution in [0.5, 0.6) is 11.5 Å². The van der Waals surface area contributed by atoms with E-state index in [0.717, 1.165) is 0 Å². The Labute approximate surface area is 98.9 Å². The minimum Gasteiger partial charge on any atom is -0.467 e. The lowest BCUT2D eigenvalue weighted by molar-refractivity contribution is -0.150. The molecule has 17 heavy (non-hydrogen) atoms. The van der Waals surface area contributed by atoms with Crippen molar-refractivity contribution in [2.45, 2.75) is 25.7 Å². The van der Waals surface area contributed by atoms with Gasteiger partial charge in [0.2, 0.25) is 5.79 Å². The fourth-order valence-electron chi connectivity index (χ4n) is 1.66. The second-order valence-electron chi connectivity index (χ2n) is 4.24. The lowest BCUT2D eigenvalue weighted by Gasteiger charge is -2.16. The van der Waals surface area contributed by atoms with Gasteiger partial charge in [0, 0.05) is 13.8 Å². The molecule has 0 bridgehead atoms. The zero-order valence-corrected chi connectivity index (χ0v) is 9.89. The molecule has 1 unspecified atom stereocenters. The fraction of sp³-hybridized carbons (Fsp3) is 0.417. The van der Waals surface area contributed by atoms with Crippen LogP contribution in [-0.2, 0) is 9.53 Å². The van der Waals surface area contributed by atoms with Gasteiger partial charge < -0.3 is 19.3 Å². The molecular formula is C12H14O5. The summed E-state index contributed by atoms with van der Waals surface area (Å²) < 4.78 is 15.5. The molecule has 1 aliphatic rings. The van der Waals surface area contributed by atoms with Crippen molar-refractivity contribution in [2.75, 3.05) is 7.11 Å². The van der Waals surface area contributed by atoms with Crippen LogP contribution >= 0.6 is 0 Å². The molecule has 0 aliphatic carbocycles. The summed E-state index contributed by atoms with van der Waals surface area (Å²) in [5.74, 6) is -0.327. The van der Waals surface area contributed by atoms with Gasteiger partial charge in [-0.15, -0.1) is 0 Å². The largest absolute Gasteiger partial charge is 0.467 e. The topological polar surface area (TPSA) is 65.0 Å². The third-order valence-electron chi connectivity index (χ3n) is 2.42. The number of hydrogen-bond acceptors (Lipinski definition) is 5. The number of carbonyl (C=O) groups is 1. The third-order valence-corrected chi connectivity index (χ3v) is 2.42. The molecule has 92 valence electrons. The number of aliphatic hydroxyl groups is 1. The summed E-state index contributed by atoms with van der Waals surface area (Å²) in [6.07, 6.45) is -1.31. The minimum atomic E-state index is -1.31. The van der Waals surface area contributed by atoms with Gasteiger partial charge in [0.15, 0.2) is 17.6 Å². The molecule has 0 saturated carbocycles. The fourth-order valence-corrected chi connectivity index (χ4v) is 1.66. The van der Waals surface area contributed by atoms with Crippen LogP contribution in [0.15, 0.2) is 18.2 Å². The van der Waals surface area contributed by atoms with E-state index in [0.29, 0.717) is 17.1 Å². The number of carbonyl (C=O) groups excluding carboxylic acids is 1. The summed E-state index contributed by atoms with van der Waals surface area (Å²) in [6.45, 7) is 3.56. The number of rotatable bonds is 2. The van der Waals surface area contributed by atoms with Crippen molar-refractivity contribution in [3.63, 3.8) is 0 Å². The first kappa shape index (κ1) is 11.7. The molecule has 1 aromatic rings. The van der Waals surface area contributed by atoms with Crippen molar-refractivity contribution in [1.29, 1.82) is 0 Å². The zero-order valence-electron chi connectivity index (χ0n) is 9.89. The van der Waals surface area contributed by atoms with Crippen LogP contribution in [0.25, 0.3) is 0 Å². The van der Waals surface area contributed by atoms with Gasteiger partial charge in [-0.2, -0.15) is 0 Å². The summed E-state index contributed by atoms with van der Waals surface area (Å²) in [7, 11) is 1.22. The number of ether oxygens (including phenoxy) is 3. The van der Waals surface area contributed by atoms with Gasteiger partial charge in [-0.3, -0.25) is 0 Å². The van der Waals surface area contributed by atoms with Crippen LogP contribution in [0, 0.1) is 0 Å². The molecule has 5 nitrogen and oxygen atoms in total. The summed E-state index contributed by atoms with van der Waals surface area (Å²) in [6, 6.07) is 4.84. The molecular weight excluding hydrogens is 224 g/mol. The molecule has 5 heteroatoms. The highest BCUT2D eigenvalue weighted by molar-refractivity contribution is 5.76. The van der Waals surface area contributed by atoms with Crippen molar-refractivity contribution in [3.05, 3.63) is 23.8 Å². The van der Waals surface area contributed by atoms with Gasteiger partial charge in [-0.25, -0.2) is 4.79 Å². The molecule has 1 N–H and O–H groups in total. The lowest BCUT2D eigenvalue weighted by atomic mass is 10.1. The standard InChI is InChI=1S/C12H14O5/c1-12(2)16-8-5-4-7(6-9(8)17-12)10(13)11(14)15-3/h4-6,10,13H,1-3H3. The monoisotopic (exact) mass is 238 g/mol. The Balaban J connectivity index is 2.28. The maximum atomic E-state index is 11.2. The van der Waals surface area contributed by atoms with E-state index in [1.807, 2.05) is 0 Å². The van der Waals surface area contributed by atoms with Crippen LogP contribution in [0.2, 0.25) is 0 Å². The first-order valence-corrected chi connectivity index (χ1v) is 5.21. The normalized spacial score (nSPS) is 17.6. The molecule has 1 aromatic carbocycles. The van der Waals surface area contributed by atoms with E-state index in [-0.39, 0.29) is 0 Å². The molecule has 0 fully saturated rings. The highest BCUT2D eigenvalue weighted by Crippen LogP contribution is 2.40. The maximum Gasteiger partial charge on any atom is 0.339 e. The van der Waals surface area contributed by atoms with Crippen LogP contribution in [0.3, 0.4) is 0 Å². The van der Waals surface area contributed by atoms with E-state index in [4.69, 9.17) is 9.47 Å². The van der Waals surface area contributed by atoms with E-state index >= 15 is 0 Å². The van der Waals surface area contributed by atoms with Crippen molar-refractivity contribution in [1.82, 2.24) is 0 Å². The van der Waals surface area contributed by atoms with Gasteiger partial charge in [-0.05, 0) is 17.7 Å². The van der Waals surface area contributed by atoms with E-state index in [9.17, 15) is 9.90 Å². The van der Waals surface area contributed by atoms with Crippen LogP contribution in [0.1, 0.15) is 25.5 Å². The van der Waals surface area contributed by atoms with Crippen LogP contribution < -0.4 is 9.47 Å². The van der Waals surface area contributed by atoms with E-state index in [1.165, 1.54) is 7.11 Å². The quantitative estimate of drug-likeness (QED) is 0.789. The molecule has 0 amide bonds. The Morgan fingerprint density at radius 1 is 1.35 bits per heavy atom. The molecule has 1 aliphatic heterocycles. The number of fused-ring (bicyclic) bond motifs is 1. The SMILES string of the molecule is COC(=O)C(O)c1ccc2c(c1)OC(C)(C)O2. The Morgan fingerprint density at radius 2 is 2.00 bits per heavy atom. The summed E-state index contributed by atoms with van der Waals surface area (Å²) in [4.78, 5) is 11.2. The summed E-state index contributed by atoms with van der Waals surface area (Å²) >= 11 is 0. The molecule has 0 saturated heterocycles. The van der Waals surface area contributed by atoms with Gasteiger partial charge in [-0.1, -0.05) is 6.07 Å². The van der Waals surface area contributed by atoms with Crippen LogP contribution in [0.4, 0.5) is 0 Å². The predicted octanol–water partition coefficient (Wildman–Crippen LogP) is 1.40. The van der Waals surface area contributed by atoms with Gasteiger partial charge in [0.1, 0.15) is 0 Å². The number of hydrogen-bond donors (Lipinski definition) is 1. The Morgan fingerprint density at radius 3 is 2.65 bits per heavy atom. The lowest BCUT2D eigenvalue weighted by Crippen LogP contribution is -2.29. The number of methoxy groups -OCH3 is 1. The minimum absolute atomic E-state index is 0.414. The average Bonchev–Trinajstić information content (AvgIpc) is 2.59. The highest BCUT2D eigenvalue weighted by Gasteiger charge is 2.32. The summed E-state index contributed by atoms with van der Waals surface area (Å²) in [5, 5.41) is 9.68. The van der Waals surface area contributed by atoms with E-state index < -0.39 is 17.9 Å². The smallest absolute Gasteiger partial charge is 0.339 e. The average molecular weight is 238 g/mol.